The minimum Gasteiger partial charge on any atom is -0.497 e. The van der Waals surface area contributed by atoms with Gasteiger partial charge in [-0.3, -0.25) is 4.79 Å². The van der Waals surface area contributed by atoms with Crippen LogP contribution in [0.3, 0.4) is 0 Å². The van der Waals surface area contributed by atoms with Gasteiger partial charge in [-0.2, -0.15) is 0 Å². The fraction of sp³-hybridized carbons (Fsp3) is 0.182. The molecule has 148 valence electrons. The largest absolute Gasteiger partial charge is 0.497 e. The van der Waals surface area contributed by atoms with Crippen molar-refractivity contribution in [3.63, 3.8) is 0 Å². The summed E-state index contributed by atoms with van der Waals surface area (Å²) in [7, 11) is 3.13. The van der Waals surface area contributed by atoms with Gasteiger partial charge in [0.05, 0.1) is 25.6 Å². The van der Waals surface area contributed by atoms with Crippen LogP contribution in [0.15, 0.2) is 53.9 Å². The molecule has 7 heteroatoms. The molecule has 0 aliphatic rings. The highest BCUT2D eigenvalue weighted by molar-refractivity contribution is 7.13. The Bertz CT molecular complexity index is 1180. The Morgan fingerprint density at radius 2 is 1.97 bits per heavy atom. The van der Waals surface area contributed by atoms with E-state index in [9.17, 15) is 4.79 Å². The van der Waals surface area contributed by atoms with E-state index in [1.165, 1.54) is 11.3 Å². The van der Waals surface area contributed by atoms with Crippen LogP contribution < -0.4 is 14.8 Å². The molecule has 0 unspecified atom stereocenters. The van der Waals surface area contributed by atoms with Crippen molar-refractivity contribution in [2.45, 2.75) is 13.5 Å². The lowest BCUT2D eigenvalue weighted by Gasteiger charge is -2.11. The molecule has 0 atom stereocenters. The van der Waals surface area contributed by atoms with E-state index in [4.69, 9.17) is 9.47 Å². The number of ether oxygens (including phenoxy) is 2. The summed E-state index contributed by atoms with van der Waals surface area (Å²) in [6, 6.07) is 15.6. The van der Waals surface area contributed by atoms with Gasteiger partial charge in [0.2, 0.25) is 0 Å². The van der Waals surface area contributed by atoms with E-state index in [1.54, 1.807) is 37.8 Å². The van der Waals surface area contributed by atoms with E-state index in [0.717, 1.165) is 28.1 Å². The Hall–Kier alpha value is -3.32. The summed E-state index contributed by atoms with van der Waals surface area (Å²) >= 11 is 1.46. The van der Waals surface area contributed by atoms with Gasteiger partial charge in [-0.05, 0) is 31.2 Å². The third kappa shape index (κ3) is 3.56. The number of fused-ring (bicyclic) bond motifs is 1. The quantitative estimate of drug-likeness (QED) is 0.485. The molecule has 2 heterocycles. The number of benzene rings is 2. The van der Waals surface area contributed by atoms with Crippen LogP contribution in [0.25, 0.3) is 21.6 Å². The van der Waals surface area contributed by atoms with Crippen LogP contribution in [0.1, 0.15) is 17.4 Å². The highest BCUT2D eigenvalue weighted by Crippen LogP contribution is 2.32. The van der Waals surface area contributed by atoms with Gasteiger partial charge in [-0.1, -0.05) is 18.2 Å². The molecule has 2 aromatic carbocycles. The number of carbonyl (C=O) groups excluding carboxylic acids is 1. The number of nitrogens with one attached hydrogen (secondary N) is 1. The number of rotatable bonds is 6. The number of hydrogen-bond donors (Lipinski definition) is 1. The fourth-order valence-corrected chi connectivity index (χ4v) is 4.15. The third-order valence-corrected chi connectivity index (χ3v) is 5.60. The van der Waals surface area contributed by atoms with Crippen molar-refractivity contribution in [3.05, 3.63) is 59.6 Å². The predicted molar refractivity (Wildman–Crippen MR) is 116 cm³/mol. The zero-order chi connectivity index (χ0) is 20.4. The monoisotopic (exact) mass is 407 g/mol. The topological polar surface area (TPSA) is 65.4 Å². The first-order valence-corrected chi connectivity index (χ1v) is 10.1. The summed E-state index contributed by atoms with van der Waals surface area (Å²) in [5, 5.41) is 6.61. The standard InChI is InChI=1S/C22H21N3O3S/c1-4-25-18-8-6-5-7-14(18)11-19(25)22-24-17(13-29-22)21(26)23-16-12-15(27-2)9-10-20(16)28-3/h5-13H,4H2,1-3H3,(H,23,26). The van der Waals surface area contributed by atoms with Crippen molar-refractivity contribution in [3.8, 4) is 22.2 Å². The van der Waals surface area contributed by atoms with Gasteiger partial charge in [0, 0.05) is 28.9 Å². The van der Waals surface area contributed by atoms with E-state index in [1.807, 2.05) is 12.1 Å². The molecule has 0 fully saturated rings. The molecule has 0 aliphatic carbocycles. The normalized spacial score (nSPS) is 10.9. The van der Waals surface area contributed by atoms with Crippen LogP contribution >= 0.6 is 11.3 Å². The number of amides is 1. The Balaban J connectivity index is 1.64. The van der Waals surface area contributed by atoms with Crippen molar-refractivity contribution < 1.29 is 14.3 Å². The van der Waals surface area contributed by atoms with Crippen LogP contribution in [-0.4, -0.2) is 29.7 Å². The molecule has 1 N–H and O–H groups in total. The summed E-state index contributed by atoms with van der Waals surface area (Å²) < 4.78 is 12.8. The van der Waals surface area contributed by atoms with Gasteiger partial charge in [0.1, 0.15) is 22.2 Å². The van der Waals surface area contributed by atoms with Crippen LogP contribution in [-0.2, 0) is 6.54 Å². The highest BCUT2D eigenvalue weighted by Gasteiger charge is 2.17. The number of nitrogens with zero attached hydrogens (tertiary/aromatic N) is 2. The average Bonchev–Trinajstić information content (AvgIpc) is 3.38. The number of anilines is 1. The Labute approximate surface area is 172 Å². The SMILES string of the molecule is CCn1c(-c2nc(C(=O)Nc3cc(OC)ccc3OC)cs2)cc2ccccc21. The molecular formula is C22H21N3O3S. The van der Waals surface area contributed by atoms with Crippen LogP contribution in [0.2, 0.25) is 0 Å². The van der Waals surface area contributed by atoms with Crippen molar-refractivity contribution in [2.75, 3.05) is 19.5 Å². The molecule has 0 aliphatic heterocycles. The van der Waals surface area contributed by atoms with Crippen molar-refractivity contribution >= 4 is 33.8 Å². The molecule has 0 spiro atoms. The van der Waals surface area contributed by atoms with Gasteiger partial charge in [0.25, 0.3) is 5.91 Å². The van der Waals surface area contributed by atoms with Crippen LogP contribution in [0.5, 0.6) is 11.5 Å². The molecular weight excluding hydrogens is 386 g/mol. The third-order valence-electron chi connectivity index (χ3n) is 4.74. The minimum atomic E-state index is -0.293. The van der Waals surface area contributed by atoms with Gasteiger partial charge in [-0.25, -0.2) is 4.98 Å². The Kier molecular flexibility index (Phi) is 5.22. The van der Waals surface area contributed by atoms with E-state index in [0.29, 0.717) is 22.9 Å². The molecule has 6 nitrogen and oxygen atoms in total. The molecule has 0 bridgehead atoms. The lowest BCUT2D eigenvalue weighted by Crippen LogP contribution is -2.13. The minimum absolute atomic E-state index is 0.293. The molecule has 4 aromatic rings. The van der Waals surface area contributed by atoms with Gasteiger partial charge >= 0.3 is 0 Å². The Morgan fingerprint density at radius 3 is 2.72 bits per heavy atom. The number of carbonyl (C=O) groups is 1. The molecule has 29 heavy (non-hydrogen) atoms. The Morgan fingerprint density at radius 1 is 1.14 bits per heavy atom. The fourth-order valence-electron chi connectivity index (χ4n) is 3.32. The summed E-state index contributed by atoms with van der Waals surface area (Å²) in [5.41, 5.74) is 3.07. The smallest absolute Gasteiger partial charge is 0.275 e. The maximum Gasteiger partial charge on any atom is 0.275 e. The molecule has 1 amide bonds. The zero-order valence-corrected chi connectivity index (χ0v) is 17.2. The maximum atomic E-state index is 12.8. The zero-order valence-electron chi connectivity index (χ0n) is 16.4. The average molecular weight is 407 g/mol. The number of para-hydroxylation sites is 1. The molecule has 2 aromatic heterocycles. The lowest BCUT2D eigenvalue weighted by molar-refractivity contribution is 0.102. The second-order valence-corrected chi connectivity index (χ2v) is 7.25. The molecule has 0 saturated heterocycles. The van der Waals surface area contributed by atoms with Gasteiger partial charge in [-0.15, -0.1) is 11.3 Å². The van der Waals surface area contributed by atoms with E-state index >= 15 is 0 Å². The van der Waals surface area contributed by atoms with E-state index in [2.05, 4.69) is 40.0 Å². The summed E-state index contributed by atoms with van der Waals surface area (Å²) in [6.07, 6.45) is 0. The van der Waals surface area contributed by atoms with Crippen molar-refractivity contribution in [1.29, 1.82) is 0 Å². The van der Waals surface area contributed by atoms with Gasteiger partial charge < -0.3 is 19.4 Å². The predicted octanol–water partition coefficient (Wildman–Crippen LogP) is 5.05. The highest BCUT2D eigenvalue weighted by atomic mass is 32.1. The summed E-state index contributed by atoms with van der Waals surface area (Å²) in [4.78, 5) is 17.4. The van der Waals surface area contributed by atoms with Crippen LogP contribution in [0.4, 0.5) is 5.69 Å². The number of hydrogen-bond acceptors (Lipinski definition) is 5. The number of methoxy groups -OCH3 is 2. The second-order valence-electron chi connectivity index (χ2n) is 6.39. The molecule has 0 radical (unpaired) electrons. The molecule has 4 rings (SSSR count). The second kappa shape index (κ2) is 7.97. The number of thiazole rings is 1. The van der Waals surface area contributed by atoms with Crippen molar-refractivity contribution in [2.24, 2.45) is 0 Å². The first-order valence-electron chi connectivity index (χ1n) is 9.22. The molecule has 0 saturated carbocycles. The van der Waals surface area contributed by atoms with E-state index < -0.39 is 0 Å². The first-order chi connectivity index (χ1) is 14.1. The number of aryl methyl sites for hydroxylation is 1. The number of aromatic nitrogens is 2. The summed E-state index contributed by atoms with van der Waals surface area (Å²) in [6.45, 7) is 2.93. The maximum absolute atomic E-state index is 12.8. The summed E-state index contributed by atoms with van der Waals surface area (Å²) in [5.74, 6) is 0.895. The van der Waals surface area contributed by atoms with E-state index in [-0.39, 0.29) is 5.91 Å². The lowest BCUT2D eigenvalue weighted by atomic mass is 10.2. The van der Waals surface area contributed by atoms with Crippen LogP contribution in [0, 0.1) is 0 Å². The van der Waals surface area contributed by atoms with Crippen molar-refractivity contribution in [1.82, 2.24) is 9.55 Å². The first kappa shape index (κ1) is 19.0. The van der Waals surface area contributed by atoms with Gasteiger partial charge in [0.15, 0.2) is 0 Å².